The first-order valence-electron chi connectivity index (χ1n) is 6.86. The molecule has 3 aromatic rings. The highest BCUT2D eigenvalue weighted by Crippen LogP contribution is 2.34. The van der Waals surface area contributed by atoms with Crippen LogP contribution in [-0.4, -0.2) is 15.5 Å². The van der Waals surface area contributed by atoms with Crippen LogP contribution in [0.1, 0.15) is 16.2 Å². The molecule has 0 saturated heterocycles. The van der Waals surface area contributed by atoms with Crippen LogP contribution < -0.4 is 5.73 Å². The number of alkyl halides is 3. The van der Waals surface area contributed by atoms with E-state index >= 15 is 0 Å². The molecule has 0 fully saturated rings. The van der Waals surface area contributed by atoms with Crippen LogP contribution in [0, 0.1) is 0 Å². The van der Waals surface area contributed by atoms with Gasteiger partial charge in [0.15, 0.2) is 0 Å². The Morgan fingerprint density at radius 3 is 2.48 bits per heavy atom. The zero-order chi connectivity index (χ0) is 18.2. The predicted molar refractivity (Wildman–Crippen MR) is 84.0 cm³/mol. The highest BCUT2D eigenvalue weighted by atomic mass is 19.4. The van der Waals surface area contributed by atoms with Crippen molar-refractivity contribution >= 4 is 22.6 Å². The Labute approximate surface area is 138 Å². The standard InChI is InChI=1S/C15H9F3N6O/c16-15(17,18)14-21-11-7-8(13(25)22-23-20)1-6-12(11)24(14)10-4-2-9(19)3-5-10/h1-7H,19H2. The molecular formula is C15H9F3N6O. The minimum absolute atomic E-state index is 0.0526. The van der Waals surface area contributed by atoms with Crippen molar-refractivity contribution in [1.82, 2.24) is 9.55 Å². The number of hydrogen-bond acceptors (Lipinski definition) is 3. The fourth-order valence-corrected chi connectivity index (χ4v) is 2.39. The zero-order valence-electron chi connectivity index (χ0n) is 12.4. The highest BCUT2D eigenvalue weighted by Gasteiger charge is 2.38. The average Bonchev–Trinajstić information content (AvgIpc) is 2.95. The number of hydrogen-bond donors (Lipinski definition) is 1. The number of fused-ring (bicyclic) bond motifs is 1. The summed E-state index contributed by atoms with van der Waals surface area (Å²) in [6.45, 7) is 0. The van der Waals surface area contributed by atoms with Crippen LogP contribution in [0.3, 0.4) is 0 Å². The van der Waals surface area contributed by atoms with Crippen molar-refractivity contribution < 1.29 is 18.0 Å². The molecule has 3 rings (SSSR count). The quantitative estimate of drug-likeness (QED) is 0.327. The first-order chi connectivity index (χ1) is 11.8. The van der Waals surface area contributed by atoms with Gasteiger partial charge in [0.2, 0.25) is 11.7 Å². The van der Waals surface area contributed by atoms with Gasteiger partial charge in [-0.3, -0.25) is 9.36 Å². The second-order valence-electron chi connectivity index (χ2n) is 5.06. The molecule has 10 heteroatoms. The summed E-state index contributed by atoms with van der Waals surface area (Å²) in [6.07, 6.45) is -4.71. The number of carbonyl (C=O) groups excluding carboxylic acids is 1. The number of anilines is 1. The van der Waals surface area contributed by atoms with Crippen LogP contribution in [0.4, 0.5) is 18.9 Å². The molecule has 2 N–H and O–H groups in total. The zero-order valence-corrected chi connectivity index (χ0v) is 12.4. The van der Waals surface area contributed by atoms with Crippen LogP contribution >= 0.6 is 0 Å². The molecule has 7 nitrogen and oxygen atoms in total. The van der Waals surface area contributed by atoms with Crippen molar-refractivity contribution in [3.63, 3.8) is 0 Å². The third kappa shape index (κ3) is 2.98. The van der Waals surface area contributed by atoms with Crippen LogP contribution in [0.5, 0.6) is 0 Å². The Kier molecular flexibility index (Phi) is 3.82. The minimum Gasteiger partial charge on any atom is -0.399 e. The van der Waals surface area contributed by atoms with E-state index in [1.165, 1.54) is 36.4 Å². The lowest BCUT2D eigenvalue weighted by Gasteiger charge is -2.11. The maximum atomic E-state index is 13.4. The van der Waals surface area contributed by atoms with Crippen molar-refractivity contribution in [2.45, 2.75) is 6.18 Å². The Bertz CT molecular complexity index is 1020. The van der Waals surface area contributed by atoms with Gasteiger partial charge < -0.3 is 5.73 Å². The number of carbonyl (C=O) groups is 1. The van der Waals surface area contributed by atoms with Gasteiger partial charge in [0.05, 0.1) is 11.0 Å². The van der Waals surface area contributed by atoms with Crippen molar-refractivity contribution in [3.8, 4) is 5.69 Å². The first kappa shape index (κ1) is 16.3. The van der Waals surface area contributed by atoms with Crippen LogP contribution in [-0.2, 0) is 6.18 Å². The van der Waals surface area contributed by atoms with Crippen molar-refractivity contribution in [3.05, 3.63) is 64.3 Å². The van der Waals surface area contributed by atoms with Gasteiger partial charge in [-0.25, -0.2) is 4.98 Å². The summed E-state index contributed by atoms with van der Waals surface area (Å²) in [4.78, 5) is 17.6. The molecule has 0 aliphatic carbocycles. The van der Waals surface area contributed by atoms with Gasteiger partial charge >= 0.3 is 6.18 Å². The maximum absolute atomic E-state index is 13.4. The van der Waals surface area contributed by atoms with Gasteiger partial charge in [0.1, 0.15) is 0 Å². The second kappa shape index (κ2) is 5.84. The average molecular weight is 346 g/mol. The molecule has 0 unspecified atom stereocenters. The number of imidazole rings is 1. The lowest BCUT2D eigenvalue weighted by molar-refractivity contribution is -0.145. The maximum Gasteiger partial charge on any atom is 0.450 e. The van der Waals surface area contributed by atoms with Gasteiger partial charge in [-0.1, -0.05) is 0 Å². The van der Waals surface area contributed by atoms with E-state index in [1.54, 1.807) is 0 Å². The van der Waals surface area contributed by atoms with Gasteiger partial charge in [-0.15, -0.1) is 0 Å². The molecule has 0 aliphatic heterocycles. The molecule has 1 heterocycles. The fraction of sp³-hybridized carbons (Fsp3) is 0.0667. The predicted octanol–water partition coefficient (Wildman–Crippen LogP) is 4.08. The van der Waals surface area contributed by atoms with E-state index in [4.69, 9.17) is 11.3 Å². The topological polar surface area (TPSA) is 110 Å². The van der Waals surface area contributed by atoms with E-state index in [0.717, 1.165) is 10.6 Å². The van der Waals surface area contributed by atoms with Crippen LogP contribution in [0.25, 0.3) is 27.2 Å². The molecule has 0 spiro atoms. The Balaban J connectivity index is 2.28. The van der Waals surface area contributed by atoms with E-state index in [0.29, 0.717) is 5.69 Å². The molecule has 0 atom stereocenters. The lowest BCUT2D eigenvalue weighted by Crippen LogP contribution is -2.13. The monoisotopic (exact) mass is 346 g/mol. The van der Waals surface area contributed by atoms with Gasteiger partial charge in [0, 0.05) is 21.8 Å². The molecule has 0 saturated carbocycles. The Morgan fingerprint density at radius 1 is 1.20 bits per heavy atom. The van der Waals surface area contributed by atoms with Crippen LogP contribution in [0.15, 0.2) is 47.6 Å². The van der Waals surface area contributed by atoms with Crippen LogP contribution in [0.2, 0.25) is 0 Å². The molecule has 1 amide bonds. The summed E-state index contributed by atoms with van der Waals surface area (Å²) >= 11 is 0. The SMILES string of the molecule is [N-]=[N+]=NC(=O)c1ccc2c(c1)nc(C(F)(F)F)n2-c1ccc(N)cc1. The summed E-state index contributed by atoms with van der Waals surface area (Å²) in [5.41, 5.74) is 14.5. The number of benzene rings is 2. The number of nitrogens with two attached hydrogens (primary N) is 1. The summed E-state index contributed by atoms with van der Waals surface area (Å²) in [5, 5.41) is 2.92. The summed E-state index contributed by atoms with van der Waals surface area (Å²) in [5.74, 6) is -2.04. The number of rotatable bonds is 2. The van der Waals surface area contributed by atoms with Crippen molar-refractivity contribution in [1.29, 1.82) is 0 Å². The first-order valence-corrected chi connectivity index (χ1v) is 6.86. The van der Waals surface area contributed by atoms with E-state index in [2.05, 4.69) is 15.0 Å². The number of nitrogens with zero attached hydrogens (tertiary/aromatic N) is 5. The van der Waals surface area contributed by atoms with Crippen molar-refractivity contribution in [2.24, 2.45) is 5.11 Å². The van der Waals surface area contributed by atoms with Gasteiger partial charge in [-0.05, 0) is 53.1 Å². The number of nitrogen functional groups attached to an aromatic ring is 1. The van der Waals surface area contributed by atoms with E-state index < -0.39 is 17.9 Å². The van der Waals surface area contributed by atoms with E-state index in [1.807, 2.05) is 0 Å². The van der Waals surface area contributed by atoms with Gasteiger partial charge in [0.25, 0.3) is 0 Å². The summed E-state index contributed by atoms with van der Waals surface area (Å²) in [7, 11) is 0. The minimum atomic E-state index is -4.71. The lowest BCUT2D eigenvalue weighted by atomic mass is 10.2. The molecule has 1 aromatic heterocycles. The van der Waals surface area contributed by atoms with Crippen molar-refractivity contribution in [2.75, 3.05) is 5.73 Å². The summed E-state index contributed by atoms with van der Waals surface area (Å²) < 4.78 is 41.1. The number of halogens is 3. The Morgan fingerprint density at radius 2 is 1.88 bits per heavy atom. The number of azide groups is 1. The van der Waals surface area contributed by atoms with E-state index in [9.17, 15) is 18.0 Å². The highest BCUT2D eigenvalue weighted by molar-refractivity contribution is 5.98. The number of aromatic nitrogens is 2. The third-order valence-corrected chi connectivity index (χ3v) is 3.44. The molecule has 0 bridgehead atoms. The smallest absolute Gasteiger partial charge is 0.399 e. The molecule has 0 radical (unpaired) electrons. The third-order valence-electron chi connectivity index (χ3n) is 3.44. The molecule has 25 heavy (non-hydrogen) atoms. The molecule has 0 aliphatic rings. The second-order valence-corrected chi connectivity index (χ2v) is 5.06. The molecule has 2 aromatic carbocycles. The largest absolute Gasteiger partial charge is 0.450 e. The molecule has 126 valence electrons. The number of amides is 1. The fourth-order valence-electron chi connectivity index (χ4n) is 2.39. The normalized spacial score (nSPS) is 11.3. The Hall–Kier alpha value is -3.52. The van der Waals surface area contributed by atoms with E-state index in [-0.39, 0.29) is 22.3 Å². The van der Waals surface area contributed by atoms with Gasteiger partial charge in [-0.2, -0.15) is 13.2 Å². The molecular weight excluding hydrogens is 337 g/mol. The summed E-state index contributed by atoms with van der Waals surface area (Å²) in [6, 6.07) is 9.55.